The summed E-state index contributed by atoms with van der Waals surface area (Å²) in [5.74, 6) is 0.386. The summed E-state index contributed by atoms with van der Waals surface area (Å²) >= 11 is 0. The Kier molecular flexibility index (Phi) is 3.19. The van der Waals surface area contributed by atoms with E-state index >= 15 is 0 Å². The van der Waals surface area contributed by atoms with Gasteiger partial charge in [0.1, 0.15) is 11.5 Å². The van der Waals surface area contributed by atoms with Crippen molar-refractivity contribution in [1.29, 1.82) is 0 Å². The molecule has 0 unspecified atom stereocenters. The first-order valence-electron chi connectivity index (χ1n) is 7.02. The Morgan fingerprint density at radius 1 is 1.04 bits per heavy atom. The minimum absolute atomic E-state index is 0.386. The van der Waals surface area contributed by atoms with Crippen LogP contribution in [0.15, 0.2) is 48.9 Å². The summed E-state index contributed by atoms with van der Waals surface area (Å²) in [7, 11) is 0. The molecule has 0 radical (unpaired) electrons. The lowest BCUT2D eigenvalue weighted by Crippen LogP contribution is -1.99. The number of fused-ring (bicyclic) bond motifs is 1. The molecular formula is C15H11F2N7. The van der Waals surface area contributed by atoms with Gasteiger partial charge in [0.25, 0.3) is 0 Å². The number of nitrogens with two attached hydrogens (primary N) is 1. The number of pyridine rings is 1. The van der Waals surface area contributed by atoms with Gasteiger partial charge in [0, 0.05) is 11.8 Å². The zero-order valence-corrected chi connectivity index (χ0v) is 12.2. The summed E-state index contributed by atoms with van der Waals surface area (Å²) in [5.41, 5.74) is 8.58. The maximum Gasteiger partial charge on any atom is 0.333 e. The Hall–Kier alpha value is -3.36. The van der Waals surface area contributed by atoms with Crippen LogP contribution < -0.4 is 5.73 Å². The average Bonchev–Trinajstić information content (AvgIpc) is 3.21. The van der Waals surface area contributed by atoms with E-state index in [9.17, 15) is 8.78 Å². The van der Waals surface area contributed by atoms with Gasteiger partial charge in [-0.25, -0.2) is 19.2 Å². The van der Waals surface area contributed by atoms with Gasteiger partial charge in [-0.2, -0.15) is 19.0 Å². The molecule has 7 nitrogen and oxygen atoms in total. The maximum absolute atomic E-state index is 12.7. The van der Waals surface area contributed by atoms with Crippen molar-refractivity contribution in [3.05, 3.63) is 48.9 Å². The predicted molar refractivity (Wildman–Crippen MR) is 83.1 cm³/mol. The Labute approximate surface area is 134 Å². The predicted octanol–water partition coefficient (Wildman–Crippen LogP) is 2.63. The van der Waals surface area contributed by atoms with E-state index in [0.717, 1.165) is 0 Å². The van der Waals surface area contributed by atoms with Crippen LogP contribution in [-0.4, -0.2) is 29.4 Å². The van der Waals surface area contributed by atoms with Gasteiger partial charge in [-0.1, -0.05) is 6.07 Å². The molecule has 4 aromatic rings. The van der Waals surface area contributed by atoms with E-state index in [1.807, 2.05) is 0 Å². The first-order valence-corrected chi connectivity index (χ1v) is 7.02. The minimum atomic E-state index is -2.69. The van der Waals surface area contributed by atoms with Crippen LogP contribution in [0.25, 0.3) is 28.3 Å². The Bertz CT molecular complexity index is 1020. The molecule has 0 bridgehead atoms. The lowest BCUT2D eigenvalue weighted by atomic mass is 10.2. The highest BCUT2D eigenvalue weighted by Gasteiger charge is 2.13. The van der Waals surface area contributed by atoms with Crippen LogP contribution in [0.1, 0.15) is 6.55 Å². The average molecular weight is 327 g/mol. The molecule has 0 atom stereocenters. The molecule has 0 fully saturated rings. The van der Waals surface area contributed by atoms with Crippen molar-refractivity contribution in [2.45, 2.75) is 6.55 Å². The highest BCUT2D eigenvalue weighted by atomic mass is 19.3. The lowest BCUT2D eigenvalue weighted by molar-refractivity contribution is 0.0566. The van der Waals surface area contributed by atoms with Crippen LogP contribution in [0.5, 0.6) is 0 Å². The summed E-state index contributed by atoms with van der Waals surface area (Å²) in [6.45, 7) is -2.69. The van der Waals surface area contributed by atoms with Gasteiger partial charge in [-0.3, -0.25) is 0 Å². The summed E-state index contributed by atoms with van der Waals surface area (Å²) in [6.07, 6.45) is 4.22. The monoisotopic (exact) mass is 327 g/mol. The van der Waals surface area contributed by atoms with Crippen molar-refractivity contribution in [2.75, 3.05) is 5.73 Å². The van der Waals surface area contributed by atoms with E-state index in [1.54, 1.807) is 41.0 Å². The zero-order valence-electron chi connectivity index (χ0n) is 12.2. The lowest BCUT2D eigenvalue weighted by Gasteiger charge is -2.03. The number of rotatable bonds is 3. The third kappa shape index (κ3) is 2.35. The number of nitrogen functional groups attached to an aromatic ring is 1. The van der Waals surface area contributed by atoms with Crippen LogP contribution >= 0.6 is 0 Å². The maximum atomic E-state index is 12.7. The third-order valence-electron chi connectivity index (χ3n) is 3.49. The second-order valence-corrected chi connectivity index (χ2v) is 5.07. The third-order valence-corrected chi connectivity index (χ3v) is 3.49. The van der Waals surface area contributed by atoms with Crippen molar-refractivity contribution in [3.8, 4) is 22.6 Å². The fourth-order valence-electron chi connectivity index (χ4n) is 2.37. The Morgan fingerprint density at radius 3 is 2.67 bits per heavy atom. The molecule has 0 saturated heterocycles. The molecule has 24 heavy (non-hydrogen) atoms. The second-order valence-electron chi connectivity index (χ2n) is 5.07. The smallest absolute Gasteiger partial charge is 0.333 e. The fourth-order valence-corrected chi connectivity index (χ4v) is 2.37. The van der Waals surface area contributed by atoms with Crippen molar-refractivity contribution in [3.63, 3.8) is 0 Å². The summed E-state index contributed by atoms with van der Waals surface area (Å²) in [5, 5.41) is 8.08. The summed E-state index contributed by atoms with van der Waals surface area (Å²) in [4.78, 5) is 8.53. The molecule has 0 amide bonds. The number of nitrogens with zero attached hydrogens (tertiary/aromatic N) is 6. The molecule has 0 aromatic carbocycles. The topological polar surface area (TPSA) is 86.9 Å². The standard InChI is InChI=1S/C15H11F2N7/c16-15(17)23-8-9(6-20-23)10-4-5-14-19-7-12(24(14)22-10)11-2-1-3-13(18)21-11/h1-8,15H,(H2,18,21). The van der Waals surface area contributed by atoms with Gasteiger partial charge in [0.05, 0.1) is 23.8 Å². The molecule has 0 aliphatic heterocycles. The normalized spacial score (nSPS) is 11.5. The number of hydrogen-bond donors (Lipinski definition) is 1. The first kappa shape index (κ1) is 14.2. The van der Waals surface area contributed by atoms with E-state index in [0.29, 0.717) is 38.8 Å². The number of anilines is 1. The number of alkyl halides is 2. The van der Waals surface area contributed by atoms with Crippen molar-refractivity contribution >= 4 is 11.5 Å². The number of imidazole rings is 1. The Morgan fingerprint density at radius 2 is 1.92 bits per heavy atom. The van der Waals surface area contributed by atoms with Gasteiger partial charge in [0.15, 0.2) is 5.65 Å². The van der Waals surface area contributed by atoms with E-state index < -0.39 is 6.55 Å². The van der Waals surface area contributed by atoms with Crippen LogP contribution in [0.4, 0.5) is 14.6 Å². The van der Waals surface area contributed by atoms with Gasteiger partial charge in [-0.15, -0.1) is 0 Å². The van der Waals surface area contributed by atoms with E-state index in [1.165, 1.54) is 12.4 Å². The highest BCUT2D eigenvalue weighted by Crippen LogP contribution is 2.23. The van der Waals surface area contributed by atoms with Gasteiger partial charge >= 0.3 is 6.55 Å². The van der Waals surface area contributed by atoms with Crippen LogP contribution in [-0.2, 0) is 0 Å². The van der Waals surface area contributed by atoms with Crippen LogP contribution in [0.2, 0.25) is 0 Å². The molecular weight excluding hydrogens is 316 g/mol. The number of aromatic nitrogens is 6. The van der Waals surface area contributed by atoms with Gasteiger partial charge in [0.2, 0.25) is 0 Å². The molecule has 4 rings (SSSR count). The molecule has 9 heteroatoms. The molecule has 0 aliphatic rings. The molecule has 0 saturated carbocycles. The minimum Gasteiger partial charge on any atom is -0.384 e. The highest BCUT2D eigenvalue weighted by molar-refractivity contribution is 5.64. The summed E-state index contributed by atoms with van der Waals surface area (Å²) in [6, 6.07) is 8.71. The summed E-state index contributed by atoms with van der Waals surface area (Å²) < 4.78 is 27.5. The molecule has 4 aromatic heterocycles. The second kappa shape index (κ2) is 5.37. The fraction of sp³-hybridized carbons (Fsp3) is 0.0667. The van der Waals surface area contributed by atoms with Gasteiger partial charge in [-0.05, 0) is 24.3 Å². The molecule has 0 aliphatic carbocycles. The van der Waals surface area contributed by atoms with Crippen molar-refractivity contribution in [1.82, 2.24) is 29.4 Å². The van der Waals surface area contributed by atoms with E-state index in [4.69, 9.17) is 5.73 Å². The quantitative estimate of drug-likeness (QED) is 0.625. The largest absolute Gasteiger partial charge is 0.384 e. The number of hydrogen-bond acceptors (Lipinski definition) is 5. The number of halogens is 2. The van der Waals surface area contributed by atoms with E-state index in [2.05, 4.69) is 20.2 Å². The van der Waals surface area contributed by atoms with E-state index in [-0.39, 0.29) is 0 Å². The van der Waals surface area contributed by atoms with Crippen molar-refractivity contribution < 1.29 is 8.78 Å². The molecule has 4 heterocycles. The zero-order chi connectivity index (χ0) is 16.7. The van der Waals surface area contributed by atoms with Crippen LogP contribution in [0.3, 0.4) is 0 Å². The molecule has 120 valence electrons. The molecule has 2 N–H and O–H groups in total. The van der Waals surface area contributed by atoms with Crippen molar-refractivity contribution in [2.24, 2.45) is 0 Å². The first-order chi connectivity index (χ1) is 11.6. The van der Waals surface area contributed by atoms with Gasteiger partial charge < -0.3 is 5.73 Å². The van der Waals surface area contributed by atoms with Crippen LogP contribution in [0, 0.1) is 0 Å². The molecule has 0 spiro atoms. The Balaban J connectivity index is 1.83. The SMILES string of the molecule is Nc1cccc(-c2cnc3ccc(-c4cnn(C(F)F)c4)nn23)n1.